The van der Waals surface area contributed by atoms with Crippen molar-refractivity contribution in [3.8, 4) is 17.0 Å². The van der Waals surface area contributed by atoms with Crippen LogP contribution in [0.3, 0.4) is 0 Å². The molecule has 1 amide bonds. The zero-order valence-electron chi connectivity index (χ0n) is 18.3. The number of piperidine rings is 2. The van der Waals surface area contributed by atoms with Gasteiger partial charge in [0.05, 0.1) is 6.61 Å². The van der Waals surface area contributed by atoms with Crippen LogP contribution in [0.25, 0.3) is 11.3 Å². The first-order valence-corrected chi connectivity index (χ1v) is 11.6. The van der Waals surface area contributed by atoms with Crippen molar-refractivity contribution >= 4 is 5.91 Å². The first-order valence-electron chi connectivity index (χ1n) is 11.6. The van der Waals surface area contributed by atoms with Crippen LogP contribution in [0.1, 0.15) is 48.2 Å². The molecule has 0 radical (unpaired) electrons. The minimum Gasteiger partial charge on any atom is -0.488 e. The van der Waals surface area contributed by atoms with Gasteiger partial charge < -0.3 is 19.3 Å². The third-order valence-corrected chi connectivity index (χ3v) is 7.13. The van der Waals surface area contributed by atoms with Gasteiger partial charge in [0.15, 0.2) is 0 Å². The van der Waals surface area contributed by atoms with Gasteiger partial charge in [-0.15, -0.1) is 0 Å². The van der Waals surface area contributed by atoms with Gasteiger partial charge in [-0.25, -0.2) is 0 Å². The molecule has 0 unspecified atom stereocenters. The maximum Gasteiger partial charge on any atom is 0.272 e. The van der Waals surface area contributed by atoms with Crippen LogP contribution in [0.4, 0.5) is 0 Å². The lowest BCUT2D eigenvalue weighted by Crippen LogP contribution is -2.52. The molecule has 1 N–H and O–H groups in total. The Morgan fingerprint density at radius 3 is 3.03 bits per heavy atom. The van der Waals surface area contributed by atoms with Gasteiger partial charge in [0.25, 0.3) is 5.91 Å². The van der Waals surface area contributed by atoms with Crippen molar-refractivity contribution in [2.45, 2.75) is 44.8 Å². The highest BCUT2D eigenvalue weighted by molar-refractivity contribution is 5.96. The van der Waals surface area contributed by atoms with Crippen LogP contribution in [0, 0.1) is 5.92 Å². The van der Waals surface area contributed by atoms with E-state index in [0.717, 1.165) is 29.1 Å². The Bertz CT molecular complexity index is 925. The Morgan fingerprint density at radius 1 is 1.26 bits per heavy atom. The fraction of sp³-hybridized carbons (Fsp3) is 0.583. The summed E-state index contributed by atoms with van der Waals surface area (Å²) in [5, 5.41) is 7.54. The van der Waals surface area contributed by atoms with Crippen molar-refractivity contribution in [2.75, 3.05) is 39.9 Å². The predicted molar refractivity (Wildman–Crippen MR) is 118 cm³/mol. The molecule has 0 bridgehead atoms. The Balaban J connectivity index is 1.38. The number of H-pyrrole nitrogens is 1. The highest BCUT2D eigenvalue weighted by Crippen LogP contribution is 2.37. The molecule has 0 aliphatic carbocycles. The zero-order chi connectivity index (χ0) is 21.2. The van der Waals surface area contributed by atoms with Gasteiger partial charge in [-0.3, -0.25) is 9.89 Å². The number of carbonyl (C=O) groups excluding carboxylic acids is 1. The van der Waals surface area contributed by atoms with Crippen LogP contribution >= 0.6 is 0 Å². The number of aromatic amines is 1. The molecular weight excluding hydrogens is 392 g/mol. The summed E-state index contributed by atoms with van der Waals surface area (Å²) in [5.74, 6) is 1.34. The number of para-hydroxylation sites is 1. The van der Waals surface area contributed by atoms with E-state index in [4.69, 9.17) is 9.47 Å². The molecule has 2 fully saturated rings. The van der Waals surface area contributed by atoms with Crippen LogP contribution in [0.15, 0.2) is 24.3 Å². The van der Waals surface area contributed by atoms with E-state index in [1.54, 1.807) is 7.11 Å². The summed E-state index contributed by atoms with van der Waals surface area (Å²) in [6.45, 7) is 4.67. The fourth-order valence-electron chi connectivity index (χ4n) is 5.55. The molecule has 0 saturated carbocycles. The van der Waals surface area contributed by atoms with E-state index in [0.29, 0.717) is 37.4 Å². The molecule has 1 aromatic heterocycles. The van der Waals surface area contributed by atoms with Crippen LogP contribution in [0.2, 0.25) is 0 Å². The second kappa shape index (κ2) is 9.01. The summed E-state index contributed by atoms with van der Waals surface area (Å²) in [6, 6.07) is 8.46. The molecule has 2 atom stereocenters. The SMILES string of the molecule is COCCN(C[C@H]1CCCN2CCCC[C@@H]12)C(=O)c1[nH]nc2c1COc1ccccc1-2. The largest absolute Gasteiger partial charge is 0.488 e. The zero-order valence-corrected chi connectivity index (χ0v) is 18.3. The highest BCUT2D eigenvalue weighted by atomic mass is 16.5. The third kappa shape index (κ3) is 3.96. The normalized spacial score (nSPS) is 22.7. The number of hydrogen-bond donors (Lipinski definition) is 1. The molecule has 2 saturated heterocycles. The lowest BCUT2D eigenvalue weighted by atomic mass is 9.83. The van der Waals surface area contributed by atoms with E-state index in [1.807, 2.05) is 29.2 Å². The standard InChI is InChI=1S/C24H32N4O3/c1-30-14-13-28(15-17-7-6-12-27-11-5-4-9-20(17)27)24(29)23-19-16-31-21-10-3-2-8-18(21)22(19)25-26-23/h2-3,8,10,17,20H,4-7,9,11-16H2,1H3,(H,25,26)/t17-,20+/m1/s1. The number of rotatable bonds is 6. The molecule has 3 aliphatic rings. The van der Waals surface area contributed by atoms with Crippen LogP contribution in [0.5, 0.6) is 5.75 Å². The summed E-state index contributed by atoms with van der Waals surface area (Å²) in [6.07, 6.45) is 6.26. The minimum atomic E-state index is 0.00159. The number of nitrogens with zero attached hydrogens (tertiary/aromatic N) is 3. The van der Waals surface area contributed by atoms with E-state index in [2.05, 4.69) is 15.1 Å². The van der Waals surface area contributed by atoms with Crippen molar-refractivity contribution in [3.63, 3.8) is 0 Å². The lowest BCUT2D eigenvalue weighted by Gasteiger charge is -2.45. The van der Waals surface area contributed by atoms with E-state index < -0.39 is 0 Å². The number of amides is 1. The quantitative estimate of drug-likeness (QED) is 0.770. The maximum atomic E-state index is 13.7. The van der Waals surface area contributed by atoms with Gasteiger partial charge in [-0.05, 0) is 56.8 Å². The average Bonchev–Trinajstić information content (AvgIpc) is 3.26. The monoisotopic (exact) mass is 424 g/mol. The second-order valence-corrected chi connectivity index (χ2v) is 8.96. The van der Waals surface area contributed by atoms with Gasteiger partial charge in [0, 0.05) is 37.4 Å². The number of methoxy groups -OCH3 is 1. The number of benzene rings is 1. The van der Waals surface area contributed by atoms with Gasteiger partial charge in [-0.1, -0.05) is 18.6 Å². The molecule has 7 heteroatoms. The van der Waals surface area contributed by atoms with Gasteiger partial charge >= 0.3 is 0 Å². The lowest BCUT2D eigenvalue weighted by molar-refractivity contribution is 0.0312. The third-order valence-electron chi connectivity index (χ3n) is 7.13. The highest BCUT2D eigenvalue weighted by Gasteiger charge is 2.36. The first kappa shape index (κ1) is 20.5. The number of ether oxygens (including phenoxy) is 2. The fourth-order valence-corrected chi connectivity index (χ4v) is 5.55. The number of fused-ring (bicyclic) bond motifs is 4. The Labute approximate surface area is 183 Å². The molecule has 1 aromatic carbocycles. The Hall–Kier alpha value is -2.38. The van der Waals surface area contributed by atoms with Crippen molar-refractivity contribution in [3.05, 3.63) is 35.5 Å². The van der Waals surface area contributed by atoms with E-state index in [-0.39, 0.29) is 5.91 Å². The van der Waals surface area contributed by atoms with E-state index in [1.165, 1.54) is 45.2 Å². The second-order valence-electron chi connectivity index (χ2n) is 8.96. The Morgan fingerprint density at radius 2 is 2.13 bits per heavy atom. The van der Waals surface area contributed by atoms with Crippen LogP contribution < -0.4 is 4.74 Å². The van der Waals surface area contributed by atoms with Gasteiger partial charge in [0.2, 0.25) is 0 Å². The molecule has 4 heterocycles. The molecule has 0 spiro atoms. The molecule has 7 nitrogen and oxygen atoms in total. The van der Waals surface area contributed by atoms with Crippen LogP contribution in [-0.4, -0.2) is 71.8 Å². The summed E-state index contributed by atoms with van der Waals surface area (Å²) in [4.78, 5) is 18.3. The molecule has 3 aliphatic heterocycles. The number of aromatic nitrogens is 2. The van der Waals surface area contributed by atoms with Gasteiger partial charge in [0.1, 0.15) is 23.7 Å². The maximum absolute atomic E-state index is 13.7. The minimum absolute atomic E-state index is 0.00159. The van der Waals surface area contributed by atoms with Crippen molar-refractivity contribution in [1.82, 2.24) is 20.0 Å². The molecule has 166 valence electrons. The van der Waals surface area contributed by atoms with Crippen molar-refractivity contribution in [2.24, 2.45) is 5.92 Å². The average molecular weight is 425 g/mol. The predicted octanol–water partition coefficient (Wildman–Crippen LogP) is 3.32. The molecular formula is C24H32N4O3. The molecule has 5 rings (SSSR count). The van der Waals surface area contributed by atoms with E-state index >= 15 is 0 Å². The van der Waals surface area contributed by atoms with Crippen molar-refractivity contribution in [1.29, 1.82) is 0 Å². The molecule has 31 heavy (non-hydrogen) atoms. The Kier molecular flexibility index (Phi) is 5.96. The van der Waals surface area contributed by atoms with Gasteiger partial charge in [-0.2, -0.15) is 5.10 Å². The van der Waals surface area contributed by atoms with Crippen molar-refractivity contribution < 1.29 is 14.3 Å². The van der Waals surface area contributed by atoms with Crippen LogP contribution in [-0.2, 0) is 11.3 Å². The number of carbonyl (C=O) groups is 1. The number of hydrogen-bond acceptors (Lipinski definition) is 5. The smallest absolute Gasteiger partial charge is 0.272 e. The topological polar surface area (TPSA) is 70.7 Å². The summed E-state index contributed by atoms with van der Waals surface area (Å²) in [5.41, 5.74) is 3.17. The first-order chi connectivity index (χ1) is 15.3. The molecule has 2 aromatic rings. The summed E-state index contributed by atoms with van der Waals surface area (Å²) < 4.78 is 11.3. The summed E-state index contributed by atoms with van der Waals surface area (Å²) in [7, 11) is 1.69. The summed E-state index contributed by atoms with van der Waals surface area (Å²) >= 11 is 0. The number of nitrogens with one attached hydrogen (secondary N) is 1. The van der Waals surface area contributed by atoms with E-state index in [9.17, 15) is 4.79 Å².